The molecule has 1 rings (SSSR count). The summed E-state index contributed by atoms with van der Waals surface area (Å²) in [6.45, 7) is 0.714. The van der Waals surface area contributed by atoms with Crippen molar-refractivity contribution in [1.82, 2.24) is 5.32 Å². The van der Waals surface area contributed by atoms with Gasteiger partial charge < -0.3 is 10.4 Å². The average molecular weight is 286 g/mol. The quantitative estimate of drug-likeness (QED) is 0.788. The van der Waals surface area contributed by atoms with Gasteiger partial charge in [0.1, 0.15) is 0 Å². The number of halogens is 1. The number of rotatable bonds is 6. The number of nitrogens with one attached hydrogen (secondary N) is 1. The minimum absolute atomic E-state index is 0.0383. The van der Waals surface area contributed by atoms with E-state index < -0.39 is 0 Å². The zero-order valence-corrected chi connectivity index (χ0v) is 10.7. The first-order chi connectivity index (χ1) is 7.72. The van der Waals surface area contributed by atoms with E-state index in [1.807, 2.05) is 24.3 Å². The Kier molecular flexibility index (Phi) is 6.11. The summed E-state index contributed by atoms with van der Waals surface area (Å²) < 4.78 is 1.03. The van der Waals surface area contributed by atoms with Gasteiger partial charge in [0.25, 0.3) is 0 Å². The molecule has 0 spiro atoms. The molecule has 2 N–H and O–H groups in total. The second kappa shape index (κ2) is 7.41. The lowest BCUT2D eigenvalue weighted by Gasteiger charge is -2.05. The highest BCUT2D eigenvalue weighted by Gasteiger charge is 2.00. The molecule has 0 saturated carbocycles. The van der Waals surface area contributed by atoms with E-state index >= 15 is 0 Å². The van der Waals surface area contributed by atoms with Crippen molar-refractivity contribution in [2.24, 2.45) is 0 Å². The van der Waals surface area contributed by atoms with Crippen LogP contribution in [0.1, 0.15) is 24.8 Å². The molecule has 0 radical (unpaired) electrons. The van der Waals surface area contributed by atoms with Crippen LogP contribution >= 0.6 is 15.9 Å². The molecule has 0 aliphatic rings. The van der Waals surface area contributed by atoms with E-state index in [0.717, 1.165) is 16.5 Å². The van der Waals surface area contributed by atoms with Crippen molar-refractivity contribution < 1.29 is 9.90 Å². The van der Waals surface area contributed by atoms with Crippen LogP contribution < -0.4 is 5.32 Å². The molecule has 0 fully saturated rings. The Balaban J connectivity index is 2.23. The molecule has 88 valence electrons. The summed E-state index contributed by atoms with van der Waals surface area (Å²) in [7, 11) is 0. The lowest BCUT2D eigenvalue weighted by molar-refractivity contribution is -0.121. The molecule has 3 nitrogen and oxygen atoms in total. The normalized spacial score (nSPS) is 10.1. The molecule has 16 heavy (non-hydrogen) atoms. The van der Waals surface area contributed by atoms with Gasteiger partial charge in [-0.1, -0.05) is 28.1 Å². The molecule has 1 amide bonds. The van der Waals surface area contributed by atoms with Crippen LogP contribution in [0.25, 0.3) is 0 Å². The molecule has 0 aliphatic carbocycles. The fraction of sp³-hybridized carbons (Fsp3) is 0.417. The molecule has 0 unspecified atom stereocenters. The zero-order valence-electron chi connectivity index (χ0n) is 9.08. The van der Waals surface area contributed by atoms with Gasteiger partial charge in [-0.05, 0) is 30.5 Å². The zero-order chi connectivity index (χ0) is 11.8. The monoisotopic (exact) mass is 285 g/mol. The summed E-state index contributed by atoms with van der Waals surface area (Å²) in [5, 5.41) is 11.4. The highest BCUT2D eigenvalue weighted by atomic mass is 79.9. The molecule has 0 saturated heterocycles. The topological polar surface area (TPSA) is 49.3 Å². The van der Waals surface area contributed by atoms with E-state index in [-0.39, 0.29) is 12.5 Å². The highest BCUT2D eigenvalue weighted by Crippen LogP contribution is 2.10. The Morgan fingerprint density at radius 2 is 1.94 bits per heavy atom. The maximum absolute atomic E-state index is 11.4. The summed E-state index contributed by atoms with van der Waals surface area (Å²) in [5.41, 5.74) is 1.08. The van der Waals surface area contributed by atoms with Gasteiger partial charge in [0.2, 0.25) is 5.91 Å². The van der Waals surface area contributed by atoms with Crippen molar-refractivity contribution in [3.63, 3.8) is 0 Å². The summed E-state index contributed by atoms with van der Waals surface area (Å²) in [6.07, 6.45) is 1.91. The van der Waals surface area contributed by atoms with Crippen LogP contribution in [0.4, 0.5) is 0 Å². The Bertz CT molecular complexity index is 324. The van der Waals surface area contributed by atoms with Crippen LogP contribution in [0.2, 0.25) is 0 Å². The first-order valence-corrected chi connectivity index (χ1v) is 6.13. The van der Waals surface area contributed by atoms with E-state index in [1.54, 1.807) is 0 Å². The number of amides is 1. The molecule has 0 bridgehead atoms. The molecule has 0 heterocycles. The standard InChI is InChI=1S/C12H16BrNO2/c13-11-6-4-10(5-7-11)9-14-12(16)3-1-2-8-15/h4-7,15H,1-3,8-9H2,(H,14,16). The van der Waals surface area contributed by atoms with E-state index in [9.17, 15) is 4.79 Å². The fourth-order valence-corrected chi connectivity index (χ4v) is 1.55. The summed E-state index contributed by atoms with van der Waals surface area (Å²) in [4.78, 5) is 11.4. The van der Waals surface area contributed by atoms with Crippen LogP contribution in [-0.4, -0.2) is 17.6 Å². The van der Waals surface area contributed by atoms with Crippen LogP contribution in [0.5, 0.6) is 0 Å². The summed E-state index contributed by atoms with van der Waals surface area (Å²) >= 11 is 3.36. The van der Waals surface area contributed by atoms with Gasteiger partial charge in [-0.15, -0.1) is 0 Å². The maximum atomic E-state index is 11.4. The molecule has 4 heteroatoms. The number of carbonyl (C=O) groups excluding carboxylic acids is 1. The van der Waals surface area contributed by atoms with Crippen LogP contribution in [0.15, 0.2) is 28.7 Å². The lowest BCUT2D eigenvalue weighted by Crippen LogP contribution is -2.22. The molecule has 1 aromatic carbocycles. The van der Waals surface area contributed by atoms with Crippen molar-refractivity contribution in [3.8, 4) is 0 Å². The minimum Gasteiger partial charge on any atom is -0.396 e. The van der Waals surface area contributed by atoms with Gasteiger partial charge in [0.15, 0.2) is 0 Å². The summed E-state index contributed by atoms with van der Waals surface area (Å²) in [6, 6.07) is 7.84. The second-order valence-electron chi connectivity index (χ2n) is 3.58. The smallest absolute Gasteiger partial charge is 0.220 e. The van der Waals surface area contributed by atoms with Crippen molar-refractivity contribution in [2.45, 2.75) is 25.8 Å². The van der Waals surface area contributed by atoms with Crippen molar-refractivity contribution in [1.29, 1.82) is 0 Å². The third-order valence-electron chi connectivity index (χ3n) is 2.21. The number of aliphatic hydroxyl groups excluding tert-OH is 1. The third-order valence-corrected chi connectivity index (χ3v) is 2.74. The van der Waals surface area contributed by atoms with Gasteiger partial charge in [-0.2, -0.15) is 0 Å². The number of hydrogen-bond acceptors (Lipinski definition) is 2. The lowest BCUT2D eigenvalue weighted by atomic mass is 10.2. The third kappa shape index (κ3) is 5.28. The number of unbranched alkanes of at least 4 members (excludes halogenated alkanes) is 1. The van der Waals surface area contributed by atoms with Crippen LogP contribution in [-0.2, 0) is 11.3 Å². The van der Waals surface area contributed by atoms with Crippen LogP contribution in [0, 0.1) is 0 Å². The fourth-order valence-electron chi connectivity index (χ4n) is 1.29. The van der Waals surface area contributed by atoms with E-state index in [4.69, 9.17) is 5.11 Å². The van der Waals surface area contributed by atoms with Gasteiger partial charge in [-0.25, -0.2) is 0 Å². The molecule has 0 atom stereocenters. The van der Waals surface area contributed by atoms with E-state index in [1.165, 1.54) is 0 Å². The molecular formula is C12H16BrNO2. The Morgan fingerprint density at radius 3 is 2.56 bits per heavy atom. The molecule has 0 aromatic heterocycles. The van der Waals surface area contributed by atoms with E-state index in [2.05, 4.69) is 21.2 Å². The molecular weight excluding hydrogens is 270 g/mol. The Labute approximate surface area is 104 Å². The predicted octanol–water partition coefficient (Wildman–Crippen LogP) is 2.23. The predicted molar refractivity (Wildman–Crippen MR) is 66.9 cm³/mol. The number of hydrogen-bond donors (Lipinski definition) is 2. The molecule has 1 aromatic rings. The number of aliphatic hydroxyl groups is 1. The largest absolute Gasteiger partial charge is 0.396 e. The first kappa shape index (κ1) is 13.2. The average Bonchev–Trinajstić information content (AvgIpc) is 2.29. The maximum Gasteiger partial charge on any atom is 0.220 e. The Morgan fingerprint density at radius 1 is 1.25 bits per heavy atom. The molecule has 0 aliphatic heterocycles. The van der Waals surface area contributed by atoms with Gasteiger partial charge in [0, 0.05) is 24.0 Å². The minimum atomic E-state index is 0.0383. The van der Waals surface area contributed by atoms with E-state index in [0.29, 0.717) is 19.4 Å². The van der Waals surface area contributed by atoms with Crippen molar-refractivity contribution in [3.05, 3.63) is 34.3 Å². The first-order valence-electron chi connectivity index (χ1n) is 5.34. The van der Waals surface area contributed by atoms with Gasteiger partial charge >= 0.3 is 0 Å². The number of carbonyl (C=O) groups is 1. The summed E-state index contributed by atoms with van der Waals surface area (Å²) in [5.74, 6) is 0.0383. The second-order valence-corrected chi connectivity index (χ2v) is 4.50. The Hall–Kier alpha value is -0.870. The van der Waals surface area contributed by atoms with Gasteiger partial charge in [-0.3, -0.25) is 4.79 Å². The number of benzene rings is 1. The van der Waals surface area contributed by atoms with Crippen molar-refractivity contribution in [2.75, 3.05) is 6.61 Å². The highest BCUT2D eigenvalue weighted by molar-refractivity contribution is 9.10. The van der Waals surface area contributed by atoms with Crippen LogP contribution in [0.3, 0.4) is 0 Å². The van der Waals surface area contributed by atoms with Gasteiger partial charge in [0.05, 0.1) is 0 Å². The van der Waals surface area contributed by atoms with Crippen molar-refractivity contribution >= 4 is 21.8 Å². The SMILES string of the molecule is O=C(CCCCO)NCc1ccc(Br)cc1.